The predicted molar refractivity (Wildman–Crippen MR) is 154 cm³/mol. The zero-order chi connectivity index (χ0) is 27.5. The summed E-state index contributed by atoms with van der Waals surface area (Å²) in [5.74, 6) is 1.33. The molecule has 6 rings (SSSR count). The molecule has 0 N–H and O–H groups in total. The standard InChI is InChI=1S/C32H29N5O3/c1-23-6-4-7-25(20-23)22-37-27-8-2-3-9-28(27)40-29(31(37)39)21-24-10-12-26(13-11-24)30(38)35-16-18-36(19-17-35)32-33-14-5-15-34-32/h2-15,20-21H,16-19,22H2,1H3. The fourth-order valence-electron chi connectivity index (χ4n) is 5.03. The lowest BCUT2D eigenvalue weighted by molar-refractivity contribution is -0.117. The highest BCUT2D eigenvalue weighted by molar-refractivity contribution is 6.09. The number of hydrogen-bond acceptors (Lipinski definition) is 6. The Hall–Kier alpha value is -4.98. The van der Waals surface area contributed by atoms with Crippen molar-refractivity contribution < 1.29 is 14.3 Å². The molecule has 8 heteroatoms. The van der Waals surface area contributed by atoms with Crippen LogP contribution < -0.4 is 14.5 Å². The van der Waals surface area contributed by atoms with Crippen molar-refractivity contribution in [2.45, 2.75) is 13.5 Å². The average Bonchev–Trinajstić information content (AvgIpc) is 3.00. The van der Waals surface area contributed by atoms with Gasteiger partial charge in [-0.2, -0.15) is 0 Å². The van der Waals surface area contributed by atoms with Crippen LogP contribution in [0.2, 0.25) is 0 Å². The molecule has 3 aromatic carbocycles. The molecule has 200 valence electrons. The maximum absolute atomic E-state index is 13.6. The van der Waals surface area contributed by atoms with E-state index >= 15 is 0 Å². The minimum absolute atomic E-state index is 0.0175. The molecule has 0 unspecified atom stereocenters. The maximum atomic E-state index is 13.6. The van der Waals surface area contributed by atoms with E-state index in [1.54, 1.807) is 41.6 Å². The van der Waals surface area contributed by atoms with Gasteiger partial charge in [0.1, 0.15) is 0 Å². The Bertz CT molecular complexity index is 1560. The SMILES string of the molecule is Cc1cccc(CN2C(=O)C(=Cc3ccc(C(=O)N4CCN(c5ncccn5)CC4)cc3)Oc3ccccc32)c1. The molecule has 2 aliphatic rings. The third kappa shape index (κ3) is 5.29. The van der Waals surface area contributed by atoms with Crippen LogP contribution in [-0.2, 0) is 11.3 Å². The molecule has 1 aromatic heterocycles. The molecular weight excluding hydrogens is 502 g/mol. The lowest BCUT2D eigenvalue weighted by atomic mass is 10.1. The number of nitrogens with zero attached hydrogens (tertiary/aromatic N) is 5. The first-order valence-electron chi connectivity index (χ1n) is 13.3. The zero-order valence-corrected chi connectivity index (χ0v) is 22.2. The van der Waals surface area contributed by atoms with Gasteiger partial charge in [0.05, 0.1) is 12.2 Å². The Morgan fingerprint density at radius 1 is 0.900 bits per heavy atom. The Morgan fingerprint density at radius 2 is 1.65 bits per heavy atom. The summed E-state index contributed by atoms with van der Waals surface area (Å²) in [5.41, 5.74) is 4.31. The molecule has 40 heavy (non-hydrogen) atoms. The van der Waals surface area contributed by atoms with Crippen LogP contribution in [0.25, 0.3) is 6.08 Å². The molecule has 2 aliphatic heterocycles. The number of amides is 2. The summed E-state index contributed by atoms with van der Waals surface area (Å²) < 4.78 is 6.04. The molecule has 3 heterocycles. The quantitative estimate of drug-likeness (QED) is 0.347. The highest BCUT2D eigenvalue weighted by atomic mass is 16.5. The number of anilines is 2. The smallest absolute Gasteiger partial charge is 0.294 e. The van der Waals surface area contributed by atoms with Crippen LogP contribution in [0.3, 0.4) is 0 Å². The Morgan fingerprint density at radius 3 is 2.40 bits per heavy atom. The Kier molecular flexibility index (Phi) is 6.97. The molecule has 0 atom stereocenters. The van der Waals surface area contributed by atoms with Crippen molar-refractivity contribution >= 4 is 29.5 Å². The Labute approximate surface area is 233 Å². The summed E-state index contributed by atoms with van der Waals surface area (Å²) in [6, 6.07) is 24.8. The Balaban J connectivity index is 1.17. The van der Waals surface area contributed by atoms with Crippen LogP contribution in [-0.4, -0.2) is 52.9 Å². The number of carbonyl (C=O) groups excluding carboxylic acids is 2. The number of fused-ring (bicyclic) bond motifs is 1. The van der Waals surface area contributed by atoms with Crippen LogP contribution in [0.4, 0.5) is 11.6 Å². The first-order chi connectivity index (χ1) is 19.5. The minimum atomic E-state index is -0.208. The van der Waals surface area contributed by atoms with Crippen LogP contribution in [0.15, 0.2) is 97.0 Å². The van der Waals surface area contributed by atoms with Gasteiger partial charge in [-0.05, 0) is 54.5 Å². The first-order valence-corrected chi connectivity index (χ1v) is 13.3. The van der Waals surface area contributed by atoms with Gasteiger partial charge in [-0.25, -0.2) is 9.97 Å². The number of piperazine rings is 1. The molecule has 4 aromatic rings. The van der Waals surface area contributed by atoms with Crippen LogP contribution in [0, 0.1) is 6.92 Å². The molecular formula is C32H29N5O3. The van der Waals surface area contributed by atoms with Crippen LogP contribution >= 0.6 is 0 Å². The van der Waals surface area contributed by atoms with Crippen molar-refractivity contribution in [3.8, 4) is 5.75 Å². The molecule has 0 saturated carbocycles. The fraction of sp³-hybridized carbons (Fsp3) is 0.188. The zero-order valence-electron chi connectivity index (χ0n) is 22.2. The molecule has 0 bridgehead atoms. The summed E-state index contributed by atoms with van der Waals surface area (Å²) in [4.78, 5) is 41.0. The van der Waals surface area contributed by atoms with Crippen molar-refractivity contribution in [1.82, 2.24) is 14.9 Å². The van der Waals surface area contributed by atoms with Gasteiger partial charge in [0.25, 0.3) is 11.8 Å². The summed E-state index contributed by atoms with van der Waals surface area (Å²) in [5, 5.41) is 0. The third-order valence-electron chi connectivity index (χ3n) is 7.11. The van der Waals surface area contributed by atoms with Crippen molar-refractivity contribution in [3.63, 3.8) is 0 Å². The topological polar surface area (TPSA) is 78.9 Å². The number of hydrogen-bond donors (Lipinski definition) is 0. The number of carbonyl (C=O) groups is 2. The van der Waals surface area contributed by atoms with Crippen molar-refractivity contribution in [2.24, 2.45) is 0 Å². The number of para-hydroxylation sites is 2. The van der Waals surface area contributed by atoms with E-state index in [9.17, 15) is 9.59 Å². The molecule has 0 radical (unpaired) electrons. The highest BCUT2D eigenvalue weighted by Gasteiger charge is 2.30. The highest BCUT2D eigenvalue weighted by Crippen LogP contribution is 2.36. The van der Waals surface area contributed by atoms with E-state index < -0.39 is 0 Å². The van der Waals surface area contributed by atoms with Gasteiger partial charge >= 0.3 is 0 Å². The second-order valence-electron chi connectivity index (χ2n) is 9.91. The predicted octanol–water partition coefficient (Wildman–Crippen LogP) is 4.71. The van der Waals surface area contributed by atoms with E-state index in [0.717, 1.165) is 22.4 Å². The second-order valence-corrected chi connectivity index (χ2v) is 9.91. The fourth-order valence-corrected chi connectivity index (χ4v) is 5.03. The summed E-state index contributed by atoms with van der Waals surface area (Å²) >= 11 is 0. The van der Waals surface area contributed by atoms with E-state index in [-0.39, 0.29) is 17.6 Å². The van der Waals surface area contributed by atoms with E-state index in [4.69, 9.17) is 4.74 Å². The lowest BCUT2D eigenvalue weighted by Gasteiger charge is -2.34. The lowest BCUT2D eigenvalue weighted by Crippen LogP contribution is -2.49. The van der Waals surface area contributed by atoms with E-state index in [1.807, 2.05) is 66.4 Å². The number of aryl methyl sites for hydroxylation is 1. The molecule has 2 amide bonds. The van der Waals surface area contributed by atoms with Crippen LogP contribution in [0.1, 0.15) is 27.0 Å². The number of aromatic nitrogens is 2. The van der Waals surface area contributed by atoms with Gasteiger partial charge in [-0.3, -0.25) is 14.5 Å². The van der Waals surface area contributed by atoms with Gasteiger partial charge < -0.3 is 14.5 Å². The minimum Gasteiger partial charge on any atom is -0.449 e. The van der Waals surface area contributed by atoms with Crippen molar-refractivity contribution in [2.75, 3.05) is 36.0 Å². The van der Waals surface area contributed by atoms with Crippen molar-refractivity contribution in [1.29, 1.82) is 0 Å². The van der Waals surface area contributed by atoms with Gasteiger partial charge in [-0.15, -0.1) is 0 Å². The number of ether oxygens (including phenoxy) is 1. The van der Waals surface area contributed by atoms with E-state index in [2.05, 4.69) is 20.9 Å². The number of benzene rings is 3. The molecule has 0 aliphatic carbocycles. The maximum Gasteiger partial charge on any atom is 0.294 e. The summed E-state index contributed by atoms with van der Waals surface area (Å²) in [7, 11) is 0. The van der Waals surface area contributed by atoms with Gasteiger partial charge in [-0.1, -0.05) is 54.1 Å². The van der Waals surface area contributed by atoms with Gasteiger partial charge in [0, 0.05) is 44.1 Å². The van der Waals surface area contributed by atoms with Crippen LogP contribution in [0.5, 0.6) is 5.75 Å². The van der Waals surface area contributed by atoms with Gasteiger partial charge in [0.15, 0.2) is 11.5 Å². The molecule has 0 spiro atoms. The third-order valence-corrected chi connectivity index (χ3v) is 7.11. The average molecular weight is 532 g/mol. The first kappa shape index (κ1) is 25.3. The molecule has 8 nitrogen and oxygen atoms in total. The summed E-state index contributed by atoms with van der Waals surface area (Å²) in [6.07, 6.45) is 5.18. The summed E-state index contributed by atoms with van der Waals surface area (Å²) in [6.45, 7) is 5.04. The van der Waals surface area contributed by atoms with E-state index in [1.165, 1.54) is 0 Å². The molecule has 1 fully saturated rings. The molecule has 1 saturated heterocycles. The second kappa shape index (κ2) is 11.0. The largest absolute Gasteiger partial charge is 0.449 e. The normalized spacial score (nSPS) is 16.1. The van der Waals surface area contributed by atoms with Gasteiger partial charge in [0.2, 0.25) is 5.95 Å². The monoisotopic (exact) mass is 531 g/mol. The van der Waals surface area contributed by atoms with E-state index in [0.29, 0.717) is 50.0 Å². The number of rotatable bonds is 5. The van der Waals surface area contributed by atoms with Crippen molar-refractivity contribution in [3.05, 3.63) is 119 Å².